The van der Waals surface area contributed by atoms with Crippen molar-refractivity contribution in [2.45, 2.75) is 19.0 Å². The second kappa shape index (κ2) is 9.70. The molecule has 0 unspecified atom stereocenters. The molecule has 1 N–H and O–H groups in total. The van der Waals surface area contributed by atoms with Gasteiger partial charge in [-0.1, -0.05) is 12.1 Å². The number of imide groups is 1. The summed E-state index contributed by atoms with van der Waals surface area (Å²) >= 11 is 0. The quantitative estimate of drug-likeness (QED) is 0.550. The van der Waals surface area contributed by atoms with Crippen molar-refractivity contribution < 1.29 is 27.9 Å². The van der Waals surface area contributed by atoms with Gasteiger partial charge in [0.1, 0.15) is 23.4 Å². The average molecular weight is 465 g/mol. The van der Waals surface area contributed by atoms with Crippen LogP contribution in [0.1, 0.15) is 12.0 Å². The van der Waals surface area contributed by atoms with Crippen LogP contribution in [0.5, 0.6) is 5.75 Å². The number of hydrogen-bond acceptors (Lipinski definition) is 4. The lowest BCUT2D eigenvalue weighted by Crippen LogP contribution is -2.46. The highest BCUT2D eigenvalue weighted by molar-refractivity contribution is 6.23. The smallest absolute Gasteiger partial charge is 0.322 e. The van der Waals surface area contributed by atoms with Gasteiger partial charge >= 0.3 is 6.03 Å². The van der Waals surface area contributed by atoms with E-state index in [2.05, 4.69) is 5.32 Å². The van der Waals surface area contributed by atoms with E-state index in [0.29, 0.717) is 22.7 Å². The minimum atomic E-state index is -1.08. The number of carbonyl (C=O) groups is 3. The van der Waals surface area contributed by atoms with Gasteiger partial charge in [0.25, 0.3) is 5.91 Å². The Kier molecular flexibility index (Phi) is 6.53. The minimum absolute atomic E-state index is 0.0482. The van der Waals surface area contributed by atoms with E-state index in [1.165, 1.54) is 60.5 Å². The fourth-order valence-corrected chi connectivity index (χ4v) is 3.70. The lowest BCUT2D eigenvalue weighted by atomic mass is 10.1. The van der Waals surface area contributed by atoms with E-state index in [9.17, 15) is 23.2 Å². The van der Waals surface area contributed by atoms with E-state index in [1.807, 2.05) is 0 Å². The molecule has 0 aliphatic carbocycles. The summed E-state index contributed by atoms with van der Waals surface area (Å²) in [5.41, 5.74) is 1.25. The zero-order valence-corrected chi connectivity index (χ0v) is 18.2. The Morgan fingerprint density at radius 1 is 0.971 bits per heavy atom. The fourth-order valence-electron chi connectivity index (χ4n) is 3.70. The number of halogens is 2. The maximum Gasteiger partial charge on any atom is 0.322 e. The van der Waals surface area contributed by atoms with Gasteiger partial charge in [-0.05, 0) is 66.2 Å². The van der Waals surface area contributed by atoms with Crippen molar-refractivity contribution in [3.8, 4) is 5.75 Å². The number of carbonyl (C=O) groups excluding carboxylic acids is 3. The first-order valence-corrected chi connectivity index (χ1v) is 10.4. The number of nitrogens with one attached hydrogen (secondary N) is 1. The van der Waals surface area contributed by atoms with Crippen LogP contribution in [-0.2, 0) is 16.1 Å². The largest absolute Gasteiger partial charge is 0.497 e. The van der Waals surface area contributed by atoms with Crippen LogP contribution in [-0.4, -0.2) is 35.9 Å². The highest BCUT2D eigenvalue weighted by Gasteiger charge is 2.44. The number of anilines is 2. The predicted octanol–water partition coefficient (Wildman–Crippen LogP) is 4.34. The molecule has 0 radical (unpaired) electrons. The van der Waals surface area contributed by atoms with E-state index in [4.69, 9.17) is 4.74 Å². The molecule has 34 heavy (non-hydrogen) atoms. The minimum Gasteiger partial charge on any atom is -0.497 e. The first-order valence-electron chi connectivity index (χ1n) is 10.4. The maximum absolute atomic E-state index is 13.4. The summed E-state index contributed by atoms with van der Waals surface area (Å²) in [5.74, 6) is -1.36. The monoisotopic (exact) mass is 465 g/mol. The summed E-state index contributed by atoms with van der Waals surface area (Å²) in [6.45, 7) is -0.0482. The Labute approximate surface area is 194 Å². The van der Waals surface area contributed by atoms with Crippen molar-refractivity contribution in [2.24, 2.45) is 0 Å². The molecule has 1 fully saturated rings. The normalized spacial score (nSPS) is 15.4. The Balaban J connectivity index is 1.62. The predicted molar refractivity (Wildman–Crippen MR) is 121 cm³/mol. The van der Waals surface area contributed by atoms with Gasteiger partial charge in [-0.25, -0.2) is 18.5 Å². The highest BCUT2D eigenvalue weighted by atomic mass is 19.1. The molecule has 1 heterocycles. The number of hydrogen-bond donors (Lipinski definition) is 1. The van der Waals surface area contributed by atoms with Crippen LogP contribution >= 0.6 is 0 Å². The molecule has 9 heteroatoms. The molecule has 0 aromatic heterocycles. The van der Waals surface area contributed by atoms with Crippen LogP contribution in [0.4, 0.5) is 25.0 Å². The van der Waals surface area contributed by atoms with E-state index in [-0.39, 0.29) is 13.0 Å². The van der Waals surface area contributed by atoms with E-state index in [1.54, 1.807) is 24.3 Å². The van der Waals surface area contributed by atoms with Crippen LogP contribution < -0.4 is 15.0 Å². The van der Waals surface area contributed by atoms with Crippen LogP contribution in [0.25, 0.3) is 0 Å². The summed E-state index contributed by atoms with van der Waals surface area (Å²) in [4.78, 5) is 41.5. The second-order valence-electron chi connectivity index (χ2n) is 7.68. The standard InChI is InChI=1S/C25H21F2N3O4/c1-34-21-12-10-20(11-13-21)30-23(31)14-22(24(30)32)29(15-16-2-4-17(26)5-3-16)25(33)28-19-8-6-18(27)7-9-19/h2-13,22H,14-15H2,1H3,(H,28,33)/t22-/m1/s1. The van der Waals surface area contributed by atoms with Crippen molar-refractivity contribution in [1.82, 2.24) is 4.90 Å². The third kappa shape index (κ3) is 4.88. The average Bonchev–Trinajstić information content (AvgIpc) is 3.13. The van der Waals surface area contributed by atoms with Crippen molar-refractivity contribution in [1.29, 1.82) is 0 Å². The number of rotatable bonds is 6. The second-order valence-corrected chi connectivity index (χ2v) is 7.68. The first-order chi connectivity index (χ1) is 16.4. The van der Waals surface area contributed by atoms with Gasteiger partial charge < -0.3 is 15.0 Å². The third-order valence-corrected chi connectivity index (χ3v) is 5.45. The van der Waals surface area contributed by atoms with Crippen LogP contribution in [0, 0.1) is 11.6 Å². The molecular formula is C25H21F2N3O4. The van der Waals surface area contributed by atoms with E-state index in [0.717, 1.165) is 4.90 Å². The summed E-state index contributed by atoms with van der Waals surface area (Å²) in [6, 6.07) is 15.3. The third-order valence-electron chi connectivity index (χ3n) is 5.45. The fraction of sp³-hybridized carbons (Fsp3) is 0.160. The van der Waals surface area contributed by atoms with Gasteiger partial charge in [0.2, 0.25) is 5.91 Å². The Hall–Kier alpha value is -4.27. The van der Waals surface area contributed by atoms with Crippen LogP contribution in [0.15, 0.2) is 72.8 Å². The van der Waals surface area contributed by atoms with E-state index < -0.39 is 35.5 Å². The lowest BCUT2D eigenvalue weighted by Gasteiger charge is -2.28. The summed E-state index contributed by atoms with van der Waals surface area (Å²) < 4.78 is 31.7. The molecule has 3 aromatic rings. The molecule has 0 bridgehead atoms. The zero-order chi connectivity index (χ0) is 24.2. The highest BCUT2D eigenvalue weighted by Crippen LogP contribution is 2.28. The Morgan fingerprint density at radius 2 is 1.56 bits per heavy atom. The van der Waals surface area contributed by atoms with Crippen LogP contribution in [0.2, 0.25) is 0 Å². The maximum atomic E-state index is 13.4. The van der Waals surface area contributed by atoms with Gasteiger partial charge in [0.05, 0.1) is 19.2 Å². The summed E-state index contributed by atoms with van der Waals surface area (Å²) in [7, 11) is 1.50. The molecule has 7 nitrogen and oxygen atoms in total. The number of ether oxygens (including phenoxy) is 1. The van der Waals surface area contributed by atoms with E-state index >= 15 is 0 Å². The Bertz CT molecular complexity index is 1200. The molecule has 4 amide bonds. The molecule has 174 valence electrons. The topological polar surface area (TPSA) is 79.0 Å². The zero-order valence-electron chi connectivity index (χ0n) is 18.2. The van der Waals surface area contributed by atoms with Gasteiger partial charge in [0, 0.05) is 12.2 Å². The molecule has 1 aliphatic heterocycles. The number of benzene rings is 3. The number of methoxy groups -OCH3 is 1. The summed E-state index contributed by atoms with van der Waals surface area (Å²) in [6.07, 6.45) is -0.219. The van der Waals surface area contributed by atoms with Gasteiger partial charge in [-0.3, -0.25) is 9.59 Å². The molecule has 1 atom stereocenters. The number of nitrogens with zero attached hydrogens (tertiary/aromatic N) is 2. The van der Waals surface area contributed by atoms with Gasteiger partial charge in [-0.2, -0.15) is 0 Å². The number of amides is 4. The Morgan fingerprint density at radius 3 is 2.15 bits per heavy atom. The molecule has 4 rings (SSSR count). The molecule has 1 aliphatic rings. The lowest BCUT2D eigenvalue weighted by molar-refractivity contribution is -0.122. The molecule has 0 saturated carbocycles. The summed E-state index contributed by atoms with van der Waals surface area (Å²) in [5, 5.41) is 2.63. The van der Waals surface area contributed by atoms with Crippen molar-refractivity contribution in [3.63, 3.8) is 0 Å². The van der Waals surface area contributed by atoms with Gasteiger partial charge in [-0.15, -0.1) is 0 Å². The number of urea groups is 1. The SMILES string of the molecule is COc1ccc(N2C(=O)C[C@@H](N(Cc3ccc(F)cc3)C(=O)Nc3ccc(F)cc3)C2=O)cc1. The van der Waals surface area contributed by atoms with Crippen LogP contribution in [0.3, 0.4) is 0 Å². The van der Waals surface area contributed by atoms with Crippen molar-refractivity contribution in [2.75, 3.05) is 17.3 Å². The first kappa shape index (κ1) is 22.9. The van der Waals surface area contributed by atoms with Gasteiger partial charge in [0.15, 0.2) is 0 Å². The molecule has 3 aromatic carbocycles. The molecule has 0 spiro atoms. The van der Waals surface area contributed by atoms with Crippen molar-refractivity contribution in [3.05, 3.63) is 90.0 Å². The van der Waals surface area contributed by atoms with Crippen molar-refractivity contribution >= 4 is 29.2 Å². The molecular weight excluding hydrogens is 444 g/mol. The molecule has 1 saturated heterocycles.